The van der Waals surface area contributed by atoms with Crippen LogP contribution in [0.5, 0.6) is 5.75 Å². The molecule has 0 aliphatic carbocycles. The smallest absolute Gasteiger partial charge is 0.165 e. The van der Waals surface area contributed by atoms with Gasteiger partial charge in [0.05, 0.1) is 0 Å². The highest BCUT2D eigenvalue weighted by Crippen LogP contribution is 2.26. The number of halogens is 1. The van der Waals surface area contributed by atoms with Crippen LogP contribution >= 0.6 is 0 Å². The van der Waals surface area contributed by atoms with Crippen LogP contribution in [0.1, 0.15) is 45.7 Å². The van der Waals surface area contributed by atoms with Crippen LogP contribution in [0.3, 0.4) is 0 Å². The number of benzene rings is 1. The van der Waals surface area contributed by atoms with Gasteiger partial charge in [-0.15, -0.1) is 0 Å². The Labute approximate surface area is 96.6 Å². The average Bonchev–Trinajstić information content (AvgIpc) is 2.20. The SMILES string of the molecule is CCC(C)(C)Oc1ccc([C@@H](C)N)cc1F. The van der Waals surface area contributed by atoms with E-state index in [1.165, 1.54) is 6.07 Å². The Hall–Kier alpha value is -1.09. The van der Waals surface area contributed by atoms with Crippen molar-refractivity contribution in [3.05, 3.63) is 29.6 Å². The molecule has 1 atom stereocenters. The van der Waals surface area contributed by atoms with Crippen LogP contribution in [0.4, 0.5) is 4.39 Å². The fourth-order valence-corrected chi connectivity index (χ4v) is 1.25. The lowest BCUT2D eigenvalue weighted by atomic mass is 10.1. The standard InChI is InChI=1S/C13H20FNO/c1-5-13(3,4)16-12-7-6-10(9(2)15)8-11(12)14/h6-9H,5,15H2,1-4H3/t9-/m1/s1. The summed E-state index contributed by atoms with van der Waals surface area (Å²) in [5, 5.41) is 0. The molecule has 0 aliphatic rings. The van der Waals surface area contributed by atoms with E-state index >= 15 is 0 Å². The molecule has 1 rings (SSSR count). The van der Waals surface area contributed by atoms with Gasteiger partial charge >= 0.3 is 0 Å². The van der Waals surface area contributed by atoms with Crippen LogP contribution in [-0.2, 0) is 0 Å². The van der Waals surface area contributed by atoms with Crippen LogP contribution in [0.2, 0.25) is 0 Å². The molecule has 0 radical (unpaired) electrons. The molecule has 16 heavy (non-hydrogen) atoms. The van der Waals surface area contributed by atoms with Gasteiger partial charge in [0.15, 0.2) is 11.6 Å². The number of nitrogens with two attached hydrogens (primary N) is 1. The van der Waals surface area contributed by atoms with Gasteiger partial charge in [-0.25, -0.2) is 4.39 Å². The molecule has 0 saturated carbocycles. The van der Waals surface area contributed by atoms with Gasteiger partial charge in [0.25, 0.3) is 0 Å². The lowest BCUT2D eigenvalue weighted by Gasteiger charge is -2.25. The second-order valence-electron chi connectivity index (χ2n) is 4.69. The number of hydrogen-bond acceptors (Lipinski definition) is 2. The topological polar surface area (TPSA) is 35.2 Å². The molecule has 0 unspecified atom stereocenters. The monoisotopic (exact) mass is 225 g/mol. The second-order valence-corrected chi connectivity index (χ2v) is 4.69. The second kappa shape index (κ2) is 4.83. The molecule has 0 aromatic heterocycles. The van der Waals surface area contributed by atoms with Gasteiger partial charge in [-0.3, -0.25) is 0 Å². The quantitative estimate of drug-likeness (QED) is 0.852. The molecule has 2 nitrogen and oxygen atoms in total. The van der Waals surface area contributed by atoms with E-state index in [1.807, 2.05) is 27.7 Å². The molecule has 0 saturated heterocycles. The zero-order valence-electron chi connectivity index (χ0n) is 10.4. The van der Waals surface area contributed by atoms with Crippen LogP contribution in [0.25, 0.3) is 0 Å². The third-order valence-electron chi connectivity index (χ3n) is 2.72. The largest absolute Gasteiger partial charge is 0.485 e. The van der Waals surface area contributed by atoms with Crippen molar-refractivity contribution < 1.29 is 9.13 Å². The first-order valence-electron chi connectivity index (χ1n) is 5.60. The summed E-state index contributed by atoms with van der Waals surface area (Å²) in [7, 11) is 0. The minimum Gasteiger partial charge on any atom is -0.485 e. The minimum absolute atomic E-state index is 0.164. The highest BCUT2D eigenvalue weighted by molar-refractivity contribution is 5.31. The van der Waals surface area contributed by atoms with Crippen LogP contribution in [-0.4, -0.2) is 5.60 Å². The summed E-state index contributed by atoms with van der Waals surface area (Å²) in [6.07, 6.45) is 0.821. The third-order valence-corrected chi connectivity index (χ3v) is 2.72. The lowest BCUT2D eigenvalue weighted by molar-refractivity contribution is 0.0994. The van der Waals surface area contributed by atoms with Gasteiger partial charge in [0, 0.05) is 6.04 Å². The summed E-state index contributed by atoms with van der Waals surface area (Å²) in [5.74, 6) is -0.0624. The molecule has 2 N–H and O–H groups in total. The Kier molecular flexibility index (Phi) is 3.92. The number of ether oxygens (including phenoxy) is 1. The predicted octanol–water partition coefficient (Wildman–Crippen LogP) is 3.41. The van der Waals surface area contributed by atoms with E-state index < -0.39 is 0 Å². The first-order chi connectivity index (χ1) is 7.35. The van der Waals surface area contributed by atoms with Crippen LogP contribution < -0.4 is 10.5 Å². The summed E-state index contributed by atoms with van der Waals surface area (Å²) in [6.45, 7) is 7.71. The summed E-state index contributed by atoms with van der Waals surface area (Å²) in [4.78, 5) is 0. The predicted molar refractivity (Wildman–Crippen MR) is 64.0 cm³/mol. The van der Waals surface area contributed by atoms with E-state index in [0.717, 1.165) is 12.0 Å². The molecular formula is C13H20FNO. The molecule has 1 aromatic carbocycles. The first-order valence-corrected chi connectivity index (χ1v) is 5.60. The van der Waals surface area contributed by atoms with Gasteiger partial charge < -0.3 is 10.5 Å². The van der Waals surface area contributed by atoms with Crippen LogP contribution in [0.15, 0.2) is 18.2 Å². The van der Waals surface area contributed by atoms with Crippen molar-refractivity contribution in [1.82, 2.24) is 0 Å². The average molecular weight is 225 g/mol. The fraction of sp³-hybridized carbons (Fsp3) is 0.538. The van der Waals surface area contributed by atoms with E-state index in [2.05, 4.69) is 0 Å². The molecule has 0 amide bonds. The van der Waals surface area contributed by atoms with Crippen molar-refractivity contribution in [2.45, 2.75) is 45.8 Å². The van der Waals surface area contributed by atoms with E-state index in [1.54, 1.807) is 12.1 Å². The van der Waals surface area contributed by atoms with Gasteiger partial charge in [-0.1, -0.05) is 13.0 Å². The molecule has 0 aliphatic heterocycles. The fourth-order valence-electron chi connectivity index (χ4n) is 1.25. The molecule has 0 spiro atoms. The maximum atomic E-state index is 13.7. The maximum Gasteiger partial charge on any atom is 0.165 e. The molecule has 0 heterocycles. The van der Waals surface area contributed by atoms with Crippen molar-refractivity contribution in [3.63, 3.8) is 0 Å². The van der Waals surface area contributed by atoms with Crippen molar-refractivity contribution in [2.75, 3.05) is 0 Å². The molecule has 0 fully saturated rings. The van der Waals surface area contributed by atoms with Gasteiger partial charge in [0.1, 0.15) is 5.60 Å². The van der Waals surface area contributed by atoms with Gasteiger partial charge in [-0.05, 0) is 44.9 Å². The summed E-state index contributed by atoms with van der Waals surface area (Å²) in [6, 6.07) is 4.72. The maximum absolute atomic E-state index is 13.7. The lowest BCUT2D eigenvalue weighted by Crippen LogP contribution is -2.27. The summed E-state index contributed by atoms with van der Waals surface area (Å²) < 4.78 is 19.3. The first kappa shape index (κ1) is 13.0. The van der Waals surface area contributed by atoms with Crippen LogP contribution in [0, 0.1) is 5.82 Å². The Balaban J connectivity index is 2.91. The van der Waals surface area contributed by atoms with Crippen molar-refractivity contribution >= 4 is 0 Å². The highest BCUT2D eigenvalue weighted by Gasteiger charge is 2.19. The van der Waals surface area contributed by atoms with Crippen molar-refractivity contribution in [2.24, 2.45) is 5.73 Å². The highest BCUT2D eigenvalue weighted by atomic mass is 19.1. The number of hydrogen-bond donors (Lipinski definition) is 1. The Morgan fingerprint density at radius 2 is 2.06 bits per heavy atom. The van der Waals surface area contributed by atoms with E-state index in [0.29, 0.717) is 0 Å². The number of rotatable bonds is 4. The molecule has 3 heteroatoms. The van der Waals surface area contributed by atoms with Crippen molar-refractivity contribution in [1.29, 1.82) is 0 Å². The molecule has 1 aromatic rings. The Morgan fingerprint density at radius 3 is 2.50 bits per heavy atom. The zero-order valence-corrected chi connectivity index (χ0v) is 10.4. The zero-order chi connectivity index (χ0) is 12.3. The Morgan fingerprint density at radius 1 is 1.44 bits per heavy atom. The molecular weight excluding hydrogens is 205 g/mol. The molecule has 90 valence electrons. The third kappa shape index (κ3) is 3.20. The Bertz CT molecular complexity index is 361. The summed E-state index contributed by atoms with van der Waals surface area (Å²) in [5.41, 5.74) is 6.11. The normalized spacial score (nSPS) is 13.6. The minimum atomic E-state index is -0.351. The summed E-state index contributed by atoms with van der Waals surface area (Å²) >= 11 is 0. The molecule has 0 bridgehead atoms. The van der Waals surface area contributed by atoms with Gasteiger partial charge in [-0.2, -0.15) is 0 Å². The van der Waals surface area contributed by atoms with E-state index in [4.69, 9.17) is 10.5 Å². The van der Waals surface area contributed by atoms with Gasteiger partial charge in [0.2, 0.25) is 0 Å². The van der Waals surface area contributed by atoms with E-state index in [-0.39, 0.29) is 23.2 Å². The van der Waals surface area contributed by atoms with E-state index in [9.17, 15) is 4.39 Å². The van der Waals surface area contributed by atoms with Crippen molar-refractivity contribution in [3.8, 4) is 5.75 Å².